The van der Waals surface area contributed by atoms with Crippen molar-refractivity contribution in [2.45, 2.75) is 45.8 Å². The monoisotopic (exact) mass is 484 g/mol. The number of carbonyl (C=O) groups excluding carboxylic acids is 2. The standard InChI is InChI=1S/C26H36N4O5/c1-16-12-30(13-19-6-7-19)17(2)15-34-23-9-8-20(27-25(31)22-10-18(3)35-28-22)11-21(23)26(32)29(4)14-24(16)33-5/h8-11,16-17,19,24H,6-7,12-15H2,1-5H3,(H,27,31)/t16-,17-,24+/m1/s1. The van der Waals surface area contributed by atoms with Crippen molar-refractivity contribution >= 4 is 17.5 Å². The van der Waals surface area contributed by atoms with Crippen molar-refractivity contribution < 1.29 is 23.6 Å². The number of ether oxygens (including phenoxy) is 2. The van der Waals surface area contributed by atoms with Gasteiger partial charge in [0.25, 0.3) is 11.8 Å². The molecule has 4 rings (SSSR count). The van der Waals surface area contributed by atoms with Gasteiger partial charge in [0.15, 0.2) is 5.69 Å². The number of benzene rings is 1. The van der Waals surface area contributed by atoms with E-state index in [1.165, 1.54) is 12.8 Å². The van der Waals surface area contributed by atoms with Crippen LogP contribution in [0.15, 0.2) is 28.8 Å². The number of aromatic nitrogens is 1. The third-order valence-corrected chi connectivity index (χ3v) is 6.88. The SMILES string of the molecule is CO[C@H]1CN(C)C(=O)c2cc(NC(=O)c3cc(C)on3)ccc2OC[C@@H](C)N(CC2CC2)C[C@H]1C. The number of anilines is 1. The summed E-state index contributed by atoms with van der Waals surface area (Å²) in [5.41, 5.74) is 1.05. The Kier molecular flexibility index (Phi) is 7.76. The van der Waals surface area contributed by atoms with Crippen LogP contribution in [0.3, 0.4) is 0 Å². The number of hydrogen-bond donors (Lipinski definition) is 1. The second kappa shape index (κ2) is 10.8. The van der Waals surface area contributed by atoms with Crippen molar-refractivity contribution in [1.82, 2.24) is 15.0 Å². The Morgan fingerprint density at radius 2 is 2.00 bits per heavy atom. The Bertz CT molecular complexity index is 1050. The maximum atomic E-state index is 13.5. The van der Waals surface area contributed by atoms with Crippen LogP contribution in [-0.2, 0) is 4.74 Å². The minimum atomic E-state index is -0.408. The van der Waals surface area contributed by atoms with E-state index in [9.17, 15) is 9.59 Å². The highest BCUT2D eigenvalue weighted by Gasteiger charge is 2.31. The van der Waals surface area contributed by atoms with Crippen molar-refractivity contribution in [3.63, 3.8) is 0 Å². The van der Waals surface area contributed by atoms with Gasteiger partial charge in [0.05, 0.1) is 11.7 Å². The number of amides is 2. The third kappa shape index (κ3) is 6.21. The van der Waals surface area contributed by atoms with Crippen LogP contribution >= 0.6 is 0 Å². The van der Waals surface area contributed by atoms with Crippen LogP contribution in [0, 0.1) is 18.8 Å². The Morgan fingerprint density at radius 1 is 1.23 bits per heavy atom. The van der Waals surface area contributed by atoms with Crippen LogP contribution < -0.4 is 10.1 Å². The van der Waals surface area contributed by atoms with Crippen molar-refractivity contribution in [3.05, 3.63) is 41.3 Å². The quantitative estimate of drug-likeness (QED) is 0.694. The van der Waals surface area contributed by atoms with E-state index in [-0.39, 0.29) is 29.7 Å². The molecule has 0 bridgehead atoms. The lowest BCUT2D eigenvalue weighted by atomic mass is 10.0. The number of likely N-dealkylation sites (N-methyl/N-ethyl adjacent to an activating group) is 1. The molecule has 2 aromatic rings. The molecule has 2 heterocycles. The summed E-state index contributed by atoms with van der Waals surface area (Å²) in [6.45, 7) is 8.93. The van der Waals surface area contributed by atoms with Crippen molar-refractivity contribution in [1.29, 1.82) is 0 Å². The molecule has 1 N–H and O–H groups in total. The summed E-state index contributed by atoms with van der Waals surface area (Å²) in [7, 11) is 3.47. The minimum Gasteiger partial charge on any atom is -0.491 e. The van der Waals surface area contributed by atoms with E-state index in [2.05, 4.69) is 29.2 Å². The lowest BCUT2D eigenvalue weighted by Gasteiger charge is -2.36. The molecule has 9 nitrogen and oxygen atoms in total. The zero-order valence-electron chi connectivity index (χ0n) is 21.2. The van der Waals surface area contributed by atoms with Crippen molar-refractivity contribution in [2.75, 3.05) is 45.7 Å². The van der Waals surface area contributed by atoms with Crippen LogP contribution in [0.1, 0.15) is 53.3 Å². The van der Waals surface area contributed by atoms with E-state index in [1.54, 1.807) is 50.2 Å². The van der Waals surface area contributed by atoms with Gasteiger partial charge in [-0.2, -0.15) is 0 Å². The first kappa shape index (κ1) is 25.2. The smallest absolute Gasteiger partial charge is 0.277 e. The Morgan fingerprint density at radius 3 is 2.66 bits per heavy atom. The second-order valence-electron chi connectivity index (χ2n) is 9.98. The molecule has 1 saturated carbocycles. The van der Waals surface area contributed by atoms with Crippen LogP contribution in [0.5, 0.6) is 5.75 Å². The molecule has 0 spiro atoms. The van der Waals surface area contributed by atoms with Gasteiger partial charge < -0.3 is 24.2 Å². The number of carbonyl (C=O) groups is 2. The zero-order valence-corrected chi connectivity index (χ0v) is 21.2. The van der Waals surface area contributed by atoms with Crippen LogP contribution in [0.4, 0.5) is 5.69 Å². The predicted molar refractivity (Wildman–Crippen MR) is 132 cm³/mol. The highest BCUT2D eigenvalue weighted by atomic mass is 16.5. The van der Waals surface area contributed by atoms with Gasteiger partial charge in [-0.1, -0.05) is 12.1 Å². The Labute approximate surface area is 206 Å². The molecule has 1 fully saturated rings. The summed E-state index contributed by atoms with van der Waals surface area (Å²) < 4.78 is 17.0. The van der Waals surface area contributed by atoms with Gasteiger partial charge in [-0.25, -0.2) is 0 Å². The first-order valence-corrected chi connectivity index (χ1v) is 12.3. The van der Waals surface area contributed by atoms with Crippen LogP contribution in [-0.4, -0.2) is 79.3 Å². The van der Waals surface area contributed by atoms with Crippen LogP contribution in [0.25, 0.3) is 0 Å². The molecule has 1 aromatic heterocycles. The molecule has 35 heavy (non-hydrogen) atoms. The predicted octanol–water partition coefficient (Wildman–Crippen LogP) is 3.45. The summed E-state index contributed by atoms with van der Waals surface area (Å²) >= 11 is 0. The highest BCUT2D eigenvalue weighted by molar-refractivity contribution is 6.04. The molecule has 0 unspecified atom stereocenters. The normalized spacial score (nSPS) is 24.2. The van der Waals surface area contributed by atoms with Crippen molar-refractivity contribution in [3.8, 4) is 5.75 Å². The topological polar surface area (TPSA) is 97.1 Å². The number of rotatable bonds is 5. The molecule has 9 heteroatoms. The summed E-state index contributed by atoms with van der Waals surface area (Å²) in [6, 6.07) is 6.88. The highest BCUT2D eigenvalue weighted by Crippen LogP contribution is 2.32. The van der Waals surface area contributed by atoms with Gasteiger partial charge in [0.2, 0.25) is 0 Å². The Balaban J connectivity index is 1.60. The van der Waals surface area contributed by atoms with Gasteiger partial charge in [0.1, 0.15) is 18.1 Å². The maximum Gasteiger partial charge on any atom is 0.277 e. The molecule has 1 aromatic carbocycles. The molecular formula is C26H36N4O5. The lowest BCUT2D eigenvalue weighted by molar-refractivity contribution is 0.00994. The van der Waals surface area contributed by atoms with Gasteiger partial charge in [-0.3, -0.25) is 14.5 Å². The summed E-state index contributed by atoms with van der Waals surface area (Å²) in [5.74, 6) is 1.45. The van der Waals surface area contributed by atoms with E-state index in [0.717, 1.165) is 19.0 Å². The fraction of sp³-hybridized carbons (Fsp3) is 0.577. The summed E-state index contributed by atoms with van der Waals surface area (Å²) in [4.78, 5) is 30.2. The summed E-state index contributed by atoms with van der Waals surface area (Å²) in [5, 5.41) is 6.55. The number of nitrogens with zero attached hydrogens (tertiary/aromatic N) is 3. The molecular weight excluding hydrogens is 448 g/mol. The number of aryl methyl sites for hydroxylation is 1. The number of methoxy groups -OCH3 is 1. The fourth-order valence-corrected chi connectivity index (χ4v) is 4.48. The lowest BCUT2D eigenvalue weighted by Crippen LogP contribution is -2.47. The van der Waals surface area contributed by atoms with E-state index in [0.29, 0.717) is 35.9 Å². The fourth-order valence-electron chi connectivity index (χ4n) is 4.48. The number of fused-ring (bicyclic) bond motifs is 1. The second-order valence-corrected chi connectivity index (χ2v) is 9.98. The molecule has 190 valence electrons. The first-order chi connectivity index (χ1) is 16.7. The van der Waals surface area contributed by atoms with E-state index < -0.39 is 5.91 Å². The molecule has 0 radical (unpaired) electrons. The average Bonchev–Trinajstić information content (AvgIpc) is 3.55. The van der Waals surface area contributed by atoms with E-state index in [4.69, 9.17) is 14.0 Å². The number of hydrogen-bond acceptors (Lipinski definition) is 7. The third-order valence-electron chi connectivity index (χ3n) is 6.88. The molecule has 3 atom stereocenters. The maximum absolute atomic E-state index is 13.5. The van der Waals surface area contributed by atoms with E-state index >= 15 is 0 Å². The summed E-state index contributed by atoms with van der Waals surface area (Å²) in [6.07, 6.45) is 2.48. The minimum absolute atomic E-state index is 0.0973. The molecule has 1 aliphatic carbocycles. The molecule has 1 aliphatic heterocycles. The molecule has 0 saturated heterocycles. The Hall–Kier alpha value is -2.91. The molecule has 2 aliphatic rings. The van der Waals surface area contributed by atoms with Gasteiger partial charge in [0, 0.05) is 51.6 Å². The van der Waals surface area contributed by atoms with Gasteiger partial charge >= 0.3 is 0 Å². The van der Waals surface area contributed by atoms with E-state index in [1.807, 2.05) is 0 Å². The molecule has 2 amide bonds. The van der Waals surface area contributed by atoms with Crippen LogP contribution in [0.2, 0.25) is 0 Å². The number of nitrogens with one attached hydrogen (secondary N) is 1. The largest absolute Gasteiger partial charge is 0.491 e. The van der Waals surface area contributed by atoms with Gasteiger partial charge in [-0.05, 0) is 56.7 Å². The van der Waals surface area contributed by atoms with Gasteiger partial charge in [-0.15, -0.1) is 0 Å². The average molecular weight is 485 g/mol. The first-order valence-electron chi connectivity index (χ1n) is 12.3. The van der Waals surface area contributed by atoms with Crippen molar-refractivity contribution in [2.24, 2.45) is 11.8 Å². The zero-order chi connectivity index (χ0) is 25.1.